The predicted octanol–water partition coefficient (Wildman–Crippen LogP) is 1.34. The molecule has 0 aliphatic carbocycles. The molecule has 0 saturated heterocycles. The van der Waals surface area contributed by atoms with Crippen molar-refractivity contribution < 1.29 is 14.0 Å². The topological polar surface area (TPSA) is 56.5 Å². The van der Waals surface area contributed by atoms with Crippen LogP contribution in [0, 0.1) is 0 Å². The van der Waals surface area contributed by atoms with E-state index in [1.54, 1.807) is 0 Å². The van der Waals surface area contributed by atoms with Crippen molar-refractivity contribution in [3.05, 3.63) is 17.5 Å². The van der Waals surface area contributed by atoms with Crippen molar-refractivity contribution in [3.63, 3.8) is 0 Å². The first kappa shape index (κ1) is 13.2. The molecule has 1 aromatic heterocycles. The van der Waals surface area contributed by atoms with Gasteiger partial charge in [-0.15, -0.1) is 0 Å². The highest BCUT2D eigenvalue weighted by Gasteiger charge is 2.02. The minimum Gasteiger partial charge on any atom is -0.379 e. The molecule has 5 nitrogen and oxygen atoms in total. The SMILES string of the molecule is CCCOCCOCc1cc(CNC)no1. The first-order valence-electron chi connectivity index (χ1n) is 5.61. The average molecular weight is 228 g/mol. The van der Waals surface area contributed by atoms with E-state index in [1.807, 2.05) is 13.1 Å². The monoisotopic (exact) mass is 228 g/mol. The summed E-state index contributed by atoms with van der Waals surface area (Å²) >= 11 is 0. The molecule has 1 heterocycles. The Labute approximate surface area is 96.1 Å². The number of hydrogen-bond donors (Lipinski definition) is 1. The van der Waals surface area contributed by atoms with Crippen molar-refractivity contribution in [1.82, 2.24) is 10.5 Å². The number of nitrogens with zero attached hydrogens (tertiary/aromatic N) is 1. The number of ether oxygens (including phenoxy) is 2. The molecular formula is C11H20N2O3. The van der Waals surface area contributed by atoms with E-state index in [4.69, 9.17) is 14.0 Å². The van der Waals surface area contributed by atoms with Gasteiger partial charge in [-0.05, 0) is 13.5 Å². The van der Waals surface area contributed by atoms with E-state index in [0.717, 1.165) is 24.5 Å². The molecule has 0 fully saturated rings. The van der Waals surface area contributed by atoms with Crippen molar-refractivity contribution in [1.29, 1.82) is 0 Å². The van der Waals surface area contributed by atoms with Gasteiger partial charge in [0.25, 0.3) is 0 Å². The fourth-order valence-corrected chi connectivity index (χ4v) is 1.23. The lowest BCUT2D eigenvalue weighted by Gasteiger charge is -2.02. The Morgan fingerprint density at radius 1 is 1.31 bits per heavy atom. The van der Waals surface area contributed by atoms with E-state index in [1.165, 1.54) is 0 Å². The fourth-order valence-electron chi connectivity index (χ4n) is 1.23. The van der Waals surface area contributed by atoms with Crippen LogP contribution in [0.2, 0.25) is 0 Å². The van der Waals surface area contributed by atoms with Gasteiger partial charge >= 0.3 is 0 Å². The van der Waals surface area contributed by atoms with E-state index < -0.39 is 0 Å². The minimum atomic E-state index is 0.451. The van der Waals surface area contributed by atoms with Gasteiger partial charge < -0.3 is 19.3 Å². The third-order valence-electron chi connectivity index (χ3n) is 1.93. The smallest absolute Gasteiger partial charge is 0.162 e. The van der Waals surface area contributed by atoms with Crippen LogP contribution in [0.15, 0.2) is 10.6 Å². The molecule has 92 valence electrons. The summed E-state index contributed by atoms with van der Waals surface area (Å²) < 4.78 is 15.8. The van der Waals surface area contributed by atoms with E-state index >= 15 is 0 Å². The molecule has 0 bridgehead atoms. The lowest BCUT2D eigenvalue weighted by molar-refractivity contribution is 0.0333. The van der Waals surface area contributed by atoms with Crippen molar-refractivity contribution >= 4 is 0 Å². The summed E-state index contributed by atoms with van der Waals surface area (Å²) in [4.78, 5) is 0. The maximum atomic E-state index is 5.38. The standard InChI is InChI=1S/C11H20N2O3/c1-3-4-14-5-6-15-9-11-7-10(8-12-2)13-16-11/h7,12H,3-6,8-9H2,1-2H3. The molecule has 0 aliphatic rings. The van der Waals surface area contributed by atoms with Gasteiger partial charge in [-0.1, -0.05) is 12.1 Å². The Morgan fingerprint density at radius 3 is 2.88 bits per heavy atom. The van der Waals surface area contributed by atoms with Crippen LogP contribution in [0.4, 0.5) is 0 Å². The van der Waals surface area contributed by atoms with E-state index in [-0.39, 0.29) is 0 Å². The van der Waals surface area contributed by atoms with Gasteiger partial charge in [0.1, 0.15) is 6.61 Å². The quantitative estimate of drug-likeness (QED) is 0.646. The summed E-state index contributed by atoms with van der Waals surface area (Å²) in [5.41, 5.74) is 0.892. The highest BCUT2D eigenvalue weighted by molar-refractivity contribution is 5.03. The van der Waals surface area contributed by atoms with Crippen LogP contribution >= 0.6 is 0 Å². The summed E-state index contributed by atoms with van der Waals surface area (Å²) in [7, 11) is 1.87. The molecule has 1 aromatic rings. The summed E-state index contributed by atoms with van der Waals surface area (Å²) in [5.74, 6) is 0.751. The Balaban J connectivity index is 2.07. The molecule has 1 rings (SSSR count). The van der Waals surface area contributed by atoms with Crippen molar-refractivity contribution in [2.45, 2.75) is 26.5 Å². The largest absolute Gasteiger partial charge is 0.379 e. The maximum Gasteiger partial charge on any atom is 0.162 e. The predicted molar refractivity (Wildman–Crippen MR) is 60.0 cm³/mol. The average Bonchev–Trinajstić information content (AvgIpc) is 2.72. The minimum absolute atomic E-state index is 0.451. The molecule has 5 heteroatoms. The Morgan fingerprint density at radius 2 is 2.12 bits per heavy atom. The highest BCUT2D eigenvalue weighted by Crippen LogP contribution is 2.04. The lowest BCUT2D eigenvalue weighted by Crippen LogP contribution is -2.05. The number of nitrogens with one attached hydrogen (secondary N) is 1. The van der Waals surface area contributed by atoms with Crippen molar-refractivity contribution in [2.24, 2.45) is 0 Å². The summed E-state index contributed by atoms with van der Waals surface area (Å²) in [6.45, 7) is 5.25. The van der Waals surface area contributed by atoms with Gasteiger partial charge in [-0.25, -0.2) is 0 Å². The maximum absolute atomic E-state index is 5.38. The second-order valence-corrected chi connectivity index (χ2v) is 3.48. The molecule has 0 aromatic carbocycles. The van der Waals surface area contributed by atoms with Gasteiger partial charge in [0.05, 0.1) is 18.9 Å². The van der Waals surface area contributed by atoms with Crippen LogP contribution in [0.25, 0.3) is 0 Å². The summed E-state index contributed by atoms with van der Waals surface area (Å²) in [6, 6.07) is 1.89. The first-order chi connectivity index (χ1) is 7.86. The van der Waals surface area contributed by atoms with Gasteiger partial charge in [0.15, 0.2) is 5.76 Å². The van der Waals surface area contributed by atoms with Gasteiger partial charge in [-0.3, -0.25) is 0 Å². The number of rotatable bonds is 9. The van der Waals surface area contributed by atoms with Crippen LogP contribution in [0.3, 0.4) is 0 Å². The molecule has 16 heavy (non-hydrogen) atoms. The summed E-state index contributed by atoms with van der Waals surface area (Å²) in [6.07, 6.45) is 1.04. The molecule has 1 N–H and O–H groups in total. The number of hydrogen-bond acceptors (Lipinski definition) is 5. The third kappa shape index (κ3) is 5.25. The lowest BCUT2D eigenvalue weighted by atomic mass is 10.4. The molecule has 0 unspecified atom stereocenters. The van der Waals surface area contributed by atoms with E-state index in [0.29, 0.717) is 26.4 Å². The Bertz CT molecular complexity index is 276. The van der Waals surface area contributed by atoms with E-state index in [2.05, 4.69) is 17.4 Å². The van der Waals surface area contributed by atoms with Crippen molar-refractivity contribution in [3.8, 4) is 0 Å². The van der Waals surface area contributed by atoms with Crippen LogP contribution in [0.1, 0.15) is 24.8 Å². The summed E-state index contributed by atoms with van der Waals surface area (Å²) in [5, 5.41) is 6.89. The van der Waals surface area contributed by atoms with Gasteiger partial charge in [0, 0.05) is 19.2 Å². The molecule has 0 amide bonds. The van der Waals surface area contributed by atoms with Crippen molar-refractivity contribution in [2.75, 3.05) is 26.9 Å². The van der Waals surface area contributed by atoms with Gasteiger partial charge in [-0.2, -0.15) is 0 Å². The molecule has 0 saturated carbocycles. The van der Waals surface area contributed by atoms with E-state index in [9.17, 15) is 0 Å². The molecular weight excluding hydrogens is 208 g/mol. The number of aromatic nitrogens is 1. The molecule has 0 radical (unpaired) electrons. The van der Waals surface area contributed by atoms with Gasteiger partial charge in [0.2, 0.25) is 0 Å². The second kappa shape index (κ2) is 8.27. The molecule has 0 atom stereocenters. The Hall–Kier alpha value is -0.910. The van der Waals surface area contributed by atoms with Crippen LogP contribution in [0.5, 0.6) is 0 Å². The second-order valence-electron chi connectivity index (χ2n) is 3.48. The Kier molecular flexibility index (Phi) is 6.80. The molecule has 0 aliphatic heterocycles. The zero-order valence-electron chi connectivity index (χ0n) is 9.99. The molecule has 0 spiro atoms. The van der Waals surface area contributed by atoms with Crippen LogP contribution in [-0.2, 0) is 22.6 Å². The third-order valence-corrected chi connectivity index (χ3v) is 1.93. The highest BCUT2D eigenvalue weighted by atomic mass is 16.5. The zero-order chi connectivity index (χ0) is 11.6. The van der Waals surface area contributed by atoms with Crippen LogP contribution in [-0.4, -0.2) is 32.0 Å². The normalized spacial score (nSPS) is 10.9. The zero-order valence-corrected chi connectivity index (χ0v) is 9.99. The van der Waals surface area contributed by atoms with Crippen LogP contribution < -0.4 is 5.32 Å². The first-order valence-corrected chi connectivity index (χ1v) is 5.61. The fraction of sp³-hybridized carbons (Fsp3) is 0.727.